The molecule has 2 N–H and O–H groups in total. The molecule has 8 nitrogen and oxygen atoms in total. The van der Waals surface area contributed by atoms with E-state index in [0.29, 0.717) is 5.92 Å². The Morgan fingerprint density at radius 1 is 1.10 bits per heavy atom. The highest BCUT2D eigenvalue weighted by atomic mass is 127. The monoisotopic (exact) mass is 519 g/mol. The number of ether oxygens (including phenoxy) is 1. The Morgan fingerprint density at radius 2 is 1.76 bits per heavy atom. The van der Waals surface area contributed by atoms with E-state index < -0.39 is 0 Å². The number of nitrogens with one attached hydrogen (secondary N) is 2. The lowest BCUT2D eigenvalue weighted by atomic mass is 10.2. The number of piperazine rings is 1. The standard InChI is InChI=1S/C20H37N7O.HI/c1-18(2)17-28-16-6-10-23-19(21-3)22-9-5-11-26-12-14-27(15-13-26)20-24-7-4-8-25-20;/h4,7-8,18H,5-6,9-17H2,1-3H3,(H2,21,22,23);1H. The van der Waals surface area contributed by atoms with Crippen molar-refractivity contribution < 1.29 is 4.74 Å². The first-order chi connectivity index (χ1) is 13.7. The molecule has 0 aromatic carbocycles. The molecule has 0 saturated carbocycles. The Balaban J connectivity index is 0.00000420. The third kappa shape index (κ3) is 10.9. The topological polar surface area (TPSA) is 77.9 Å². The van der Waals surface area contributed by atoms with E-state index in [9.17, 15) is 0 Å². The summed E-state index contributed by atoms with van der Waals surface area (Å²) in [5.41, 5.74) is 0. The lowest BCUT2D eigenvalue weighted by molar-refractivity contribution is 0.108. The average Bonchev–Trinajstić information content (AvgIpc) is 2.73. The first kappa shape index (κ1) is 25.8. The van der Waals surface area contributed by atoms with Gasteiger partial charge in [0.05, 0.1) is 0 Å². The van der Waals surface area contributed by atoms with E-state index in [2.05, 4.69) is 49.2 Å². The highest BCUT2D eigenvalue weighted by Gasteiger charge is 2.18. The van der Waals surface area contributed by atoms with Crippen molar-refractivity contribution in [3.8, 4) is 0 Å². The SMILES string of the molecule is CN=C(NCCCOCC(C)C)NCCCN1CCN(c2ncccn2)CC1.I. The molecule has 1 aliphatic rings. The third-order valence-electron chi connectivity index (χ3n) is 4.58. The summed E-state index contributed by atoms with van der Waals surface area (Å²) in [5, 5.41) is 6.74. The Kier molecular flexibility index (Phi) is 13.9. The second kappa shape index (κ2) is 15.6. The molecule has 166 valence electrons. The number of halogens is 1. The summed E-state index contributed by atoms with van der Waals surface area (Å²) in [7, 11) is 1.81. The van der Waals surface area contributed by atoms with Gasteiger partial charge in [0, 0.05) is 71.9 Å². The van der Waals surface area contributed by atoms with E-state index in [0.717, 1.165) is 83.8 Å². The number of guanidine groups is 1. The lowest BCUT2D eigenvalue weighted by Gasteiger charge is -2.34. The van der Waals surface area contributed by atoms with Gasteiger partial charge in [-0.1, -0.05) is 13.8 Å². The maximum absolute atomic E-state index is 5.59. The van der Waals surface area contributed by atoms with E-state index >= 15 is 0 Å². The Hall–Kier alpha value is -1.20. The fourth-order valence-corrected chi connectivity index (χ4v) is 3.06. The number of aliphatic imine (C=N–C) groups is 1. The number of hydrogen-bond acceptors (Lipinski definition) is 6. The molecule has 0 radical (unpaired) electrons. The molecule has 1 saturated heterocycles. The Labute approximate surface area is 192 Å². The van der Waals surface area contributed by atoms with Crippen molar-refractivity contribution in [2.45, 2.75) is 26.7 Å². The minimum atomic E-state index is 0. The molecular formula is C20H38IN7O. The first-order valence-electron chi connectivity index (χ1n) is 10.5. The summed E-state index contributed by atoms with van der Waals surface area (Å²) >= 11 is 0. The third-order valence-corrected chi connectivity index (χ3v) is 4.58. The van der Waals surface area contributed by atoms with Crippen LogP contribution in [0.25, 0.3) is 0 Å². The highest BCUT2D eigenvalue weighted by molar-refractivity contribution is 14.0. The summed E-state index contributed by atoms with van der Waals surface area (Å²) < 4.78 is 5.59. The predicted octanol–water partition coefficient (Wildman–Crippen LogP) is 1.83. The molecule has 2 heterocycles. The van der Waals surface area contributed by atoms with E-state index in [-0.39, 0.29) is 24.0 Å². The minimum absolute atomic E-state index is 0. The first-order valence-corrected chi connectivity index (χ1v) is 10.5. The molecule has 1 aromatic heterocycles. The zero-order chi connectivity index (χ0) is 20.0. The van der Waals surface area contributed by atoms with Crippen LogP contribution in [0.4, 0.5) is 5.95 Å². The predicted molar refractivity (Wildman–Crippen MR) is 130 cm³/mol. The van der Waals surface area contributed by atoms with Gasteiger partial charge in [0.2, 0.25) is 5.95 Å². The molecule has 0 aliphatic carbocycles. The van der Waals surface area contributed by atoms with Crippen molar-refractivity contribution >= 4 is 35.9 Å². The van der Waals surface area contributed by atoms with Gasteiger partial charge in [-0.2, -0.15) is 0 Å². The van der Waals surface area contributed by atoms with Crippen molar-refractivity contribution in [3.63, 3.8) is 0 Å². The smallest absolute Gasteiger partial charge is 0.225 e. The van der Waals surface area contributed by atoms with Crippen LogP contribution >= 0.6 is 24.0 Å². The number of nitrogens with zero attached hydrogens (tertiary/aromatic N) is 5. The van der Waals surface area contributed by atoms with Crippen molar-refractivity contribution in [2.75, 3.05) is 71.0 Å². The maximum atomic E-state index is 5.59. The fraction of sp³-hybridized carbons (Fsp3) is 0.750. The van der Waals surface area contributed by atoms with Gasteiger partial charge in [-0.3, -0.25) is 9.89 Å². The van der Waals surface area contributed by atoms with Crippen LogP contribution < -0.4 is 15.5 Å². The van der Waals surface area contributed by atoms with Crippen LogP contribution in [0.3, 0.4) is 0 Å². The second-order valence-electron chi connectivity index (χ2n) is 7.48. The fourth-order valence-electron chi connectivity index (χ4n) is 3.06. The van der Waals surface area contributed by atoms with Gasteiger partial charge in [-0.25, -0.2) is 9.97 Å². The van der Waals surface area contributed by atoms with E-state index in [4.69, 9.17) is 4.74 Å². The van der Waals surface area contributed by atoms with Crippen molar-refractivity contribution in [2.24, 2.45) is 10.9 Å². The number of hydrogen-bond donors (Lipinski definition) is 2. The van der Waals surface area contributed by atoms with Crippen LogP contribution in [-0.4, -0.2) is 86.9 Å². The average molecular weight is 519 g/mol. The van der Waals surface area contributed by atoms with Gasteiger partial charge < -0.3 is 20.3 Å². The molecule has 0 amide bonds. The van der Waals surface area contributed by atoms with Crippen LogP contribution in [0.2, 0.25) is 0 Å². The van der Waals surface area contributed by atoms with Crippen LogP contribution in [0, 0.1) is 5.92 Å². The molecule has 2 rings (SSSR count). The summed E-state index contributed by atoms with van der Waals surface area (Å²) in [6.07, 6.45) is 5.70. The number of rotatable bonds is 11. The summed E-state index contributed by atoms with van der Waals surface area (Å²) in [6.45, 7) is 12.9. The zero-order valence-electron chi connectivity index (χ0n) is 18.1. The van der Waals surface area contributed by atoms with Gasteiger partial charge in [-0.15, -0.1) is 24.0 Å². The van der Waals surface area contributed by atoms with Gasteiger partial charge in [-0.05, 0) is 31.4 Å². The van der Waals surface area contributed by atoms with E-state index in [1.54, 1.807) is 12.4 Å². The Morgan fingerprint density at radius 3 is 2.38 bits per heavy atom. The molecule has 0 unspecified atom stereocenters. The summed E-state index contributed by atoms with van der Waals surface area (Å²) in [6, 6.07) is 1.86. The van der Waals surface area contributed by atoms with E-state index in [1.165, 1.54) is 0 Å². The van der Waals surface area contributed by atoms with Crippen LogP contribution in [0.1, 0.15) is 26.7 Å². The van der Waals surface area contributed by atoms with Gasteiger partial charge in [0.15, 0.2) is 5.96 Å². The molecule has 29 heavy (non-hydrogen) atoms. The summed E-state index contributed by atoms with van der Waals surface area (Å²) in [4.78, 5) is 17.7. The van der Waals surface area contributed by atoms with Gasteiger partial charge in [0.25, 0.3) is 0 Å². The molecule has 1 aliphatic heterocycles. The highest BCUT2D eigenvalue weighted by Crippen LogP contribution is 2.09. The van der Waals surface area contributed by atoms with Crippen molar-refractivity contribution in [3.05, 3.63) is 18.5 Å². The maximum Gasteiger partial charge on any atom is 0.225 e. The number of aromatic nitrogens is 2. The largest absolute Gasteiger partial charge is 0.381 e. The normalized spacial score (nSPS) is 15.3. The summed E-state index contributed by atoms with van der Waals surface area (Å²) in [5.74, 6) is 2.31. The zero-order valence-corrected chi connectivity index (χ0v) is 20.5. The van der Waals surface area contributed by atoms with Crippen molar-refractivity contribution in [1.82, 2.24) is 25.5 Å². The van der Waals surface area contributed by atoms with Crippen LogP contribution in [0.5, 0.6) is 0 Å². The second-order valence-corrected chi connectivity index (χ2v) is 7.48. The van der Waals surface area contributed by atoms with Gasteiger partial charge in [0.1, 0.15) is 0 Å². The Bertz CT molecular complexity index is 551. The van der Waals surface area contributed by atoms with E-state index in [1.807, 2.05) is 13.1 Å². The minimum Gasteiger partial charge on any atom is -0.381 e. The lowest BCUT2D eigenvalue weighted by Crippen LogP contribution is -2.47. The number of anilines is 1. The molecule has 0 spiro atoms. The van der Waals surface area contributed by atoms with Crippen LogP contribution in [0.15, 0.2) is 23.5 Å². The molecule has 0 bridgehead atoms. The molecule has 9 heteroatoms. The van der Waals surface area contributed by atoms with Gasteiger partial charge >= 0.3 is 0 Å². The molecule has 0 atom stereocenters. The van der Waals surface area contributed by atoms with Crippen molar-refractivity contribution in [1.29, 1.82) is 0 Å². The quantitative estimate of drug-likeness (QED) is 0.200. The molecule has 1 fully saturated rings. The molecule has 1 aromatic rings. The van der Waals surface area contributed by atoms with Crippen LogP contribution in [-0.2, 0) is 4.74 Å². The molecular weight excluding hydrogens is 481 g/mol.